The van der Waals surface area contributed by atoms with Crippen molar-refractivity contribution in [3.63, 3.8) is 0 Å². The number of aromatic amines is 1. The Bertz CT molecular complexity index is 587. The zero-order chi connectivity index (χ0) is 14.5. The fourth-order valence-corrected chi connectivity index (χ4v) is 3.01. The zero-order valence-corrected chi connectivity index (χ0v) is 12.7. The molecule has 3 rings (SSSR count). The van der Waals surface area contributed by atoms with Gasteiger partial charge in [-0.05, 0) is 30.6 Å². The molecule has 4 nitrogen and oxygen atoms in total. The zero-order valence-electron chi connectivity index (χ0n) is 11.9. The average molecular weight is 300 g/mol. The van der Waals surface area contributed by atoms with Crippen LogP contribution in [0.15, 0.2) is 36.4 Å². The van der Waals surface area contributed by atoms with Crippen LogP contribution < -0.4 is 10.6 Å². The standard InChI is InChI=1S/C16H20N4S/c21-16(17-13-9-5-2-6-10-13)18-15-11-14(19-20-15)12-7-3-1-4-8-12/h1,3-4,7-8,11,13H,2,5-6,9-10H2,(H3,17,18,19,20,21). The molecule has 1 heterocycles. The third-order valence-electron chi connectivity index (χ3n) is 3.84. The third kappa shape index (κ3) is 3.82. The topological polar surface area (TPSA) is 52.7 Å². The van der Waals surface area contributed by atoms with Crippen molar-refractivity contribution in [2.24, 2.45) is 0 Å². The fraction of sp³-hybridized carbons (Fsp3) is 0.375. The van der Waals surface area contributed by atoms with Gasteiger partial charge in [-0.1, -0.05) is 49.6 Å². The quantitative estimate of drug-likeness (QED) is 0.757. The van der Waals surface area contributed by atoms with Gasteiger partial charge < -0.3 is 10.6 Å². The van der Waals surface area contributed by atoms with Crippen LogP contribution in [0.2, 0.25) is 0 Å². The first-order valence-corrected chi connectivity index (χ1v) is 7.90. The van der Waals surface area contributed by atoms with E-state index in [1.807, 2.05) is 24.3 Å². The monoisotopic (exact) mass is 300 g/mol. The molecule has 0 saturated heterocycles. The number of H-pyrrole nitrogens is 1. The number of anilines is 1. The van der Waals surface area contributed by atoms with E-state index < -0.39 is 0 Å². The summed E-state index contributed by atoms with van der Waals surface area (Å²) in [6.45, 7) is 0. The number of benzene rings is 1. The Morgan fingerprint density at radius 3 is 2.67 bits per heavy atom. The van der Waals surface area contributed by atoms with Gasteiger partial charge in [-0.25, -0.2) is 0 Å². The number of nitrogens with one attached hydrogen (secondary N) is 3. The van der Waals surface area contributed by atoms with Crippen molar-refractivity contribution in [1.29, 1.82) is 0 Å². The molecular formula is C16H20N4S. The highest BCUT2D eigenvalue weighted by molar-refractivity contribution is 7.80. The summed E-state index contributed by atoms with van der Waals surface area (Å²) in [7, 11) is 0. The number of hydrogen-bond donors (Lipinski definition) is 3. The van der Waals surface area contributed by atoms with E-state index in [4.69, 9.17) is 12.2 Å². The summed E-state index contributed by atoms with van der Waals surface area (Å²) in [6.07, 6.45) is 6.34. The largest absolute Gasteiger partial charge is 0.360 e. The summed E-state index contributed by atoms with van der Waals surface area (Å²) >= 11 is 5.37. The molecule has 110 valence electrons. The van der Waals surface area contributed by atoms with Gasteiger partial charge >= 0.3 is 0 Å². The predicted molar refractivity (Wildman–Crippen MR) is 90.3 cm³/mol. The lowest BCUT2D eigenvalue weighted by atomic mass is 9.96. The van der Waals surface area contributed by atoms with Crippen LogP contribution in [0.3, 0.4) is 0 Å². The van der Waals surface area contributed by atoms with Gasteiger partial charge in [0.05, 0.1) is 5.69 Å². The molecule has 0 amide bonds. The number of aromatic nitrogens is 2. The maximum absolute atomic E-state index is 5.37. The lowest BCUT2D eigenvalue weighted by Gasteiger charge is -2.23. The molecule has 5 heteroatoms. The molecule has 3 N–H and O–H groups in total. The van der Waals surface area contributed by atoms with Crippen LogP contribution in [-0.4, -0.2) is 21.4 Å². The van der Waals surface area contributed by atoms with E-state index >= 15 is 0 Å². The SMILES string of the molecule is S=C(Nc1cc(-c2ccccc2)[nH]n1)NC1CCCCC1. The maximum Gasteiger partial charge on any atom is 0.172 e. The van der Waals surface area contributed by atoms with Gasteiger partial charge in [0.2, 0.25) is 0 Å². The molecule has 21 heavy (non-hydrogen) atoms. The predicted octanol–water partition coefficient (Wildman–Crippen LogP) is 3.70. The van der Waals surface area contributed by atoms with Gasteiger partial charge in [-0.3, -0.25) is 5.10 Å². The Balaban J connectivity index is 1.58. The first kappa shape index (κ1) is 14.1. The molecule has 0 radical (unpaired) electrons. The highest BCUT2D eigenvalue weighted by Gasteiger charge is 2.14. The van der Waals surface area contributed by atoms with Crippen molar-refractivity contribution in [2.45, 2.75) is 38.1 Å². The van der Waals surface area contributed by atoms with E-state index in [9.17, 15) is 0 Å². The Labute approximate surface area is 130 Å². The van der Waals surface area contributed by atoms with Gasteiger partial charge in [-0.15, -0.1) is 0 Å². The van der Waals surface area contributed by atoms with E-state index in [2.05, 4.69) is 33.0 Å². The van der Waals surface area contributed by atoms with Crippen molar-refractivity contribution in [1.82, 2.24) is 15.5 Å². The molecule has 2 aromatic rings. The lowest BCUT2D eigenvalue weighted by molar-refractivity contribution is 0.415. The Morgan fingerprint density at radius 2 is 1.90 bits per heavy atom. The molecule has 1 aliphatic carbocycles. The van der Waals surface area contributed by atoms with Crippen LogP contribution in [0, 0.1) is 0 Å². The minimum Gasteiger partial charge on any atom is -0.360 e. The summed E-state index contributed by atoms with van der Waals surface area (Å²) < 4.78 is 0. The van der Waals surface area contributed by atoms with E-state index in [1.54, 1.807) is 0 Å². The van der Waals surface area contributed by atoms with Crippen LogP contribution in [0.1, 0.15) is 32.1 Å². The molecule has 1 saturated carbocycles. The second-order valence-corrected chi connectivity index (χ2v) is 5.87. The molecule has 1 aliphatic rings. The van der Waals surface area contributed by atoms with E-state index in [0.717, 1.165) is 17.1 Å². The van der Waals surface area contributed by atoms with Crippen molar-refractivity contribution >= 4 is 23.1 Å². The Kier molecular flexibility index (Phi) is 4.50. The Morgan fingerprint density at radius 1 is 1.14 bits per heavy atom. The van der Waals surface area contributed by atoms with Gasteiger partial charge in [0, 0.05) is 12.1 Å². The number of thiocarbonyl (C=S) groups is 1. The number of nitrogens with zero attached hydrogens (tertiary/aromatic N) is 1. The summed E-state index contributed by atoms with van der Waals surface area (Å²) in [6, 6.07) is 12.6. The van der Waals surface area contributed by atoms with Crippen molar-refractivity contribution in [3.8, 4) is 11.3 Å². The summed E-state index contributed by atoms with van der Waals surface area (Å²) in [5.41, 5.74) is 2.10. The average Bonchev–Trinajstić information content (AvgIpc) is 2.97. The van der Waals surface area contributed by atoms with Crippen LogP contribution in [0.4, 0.5) is 5.82 Å². The first-order chi connectivity index (χ1) is 10.3. The molecule has 0 bridgehead atoms. The summed E-state index contributed by atoms with van der Waals surface area (Å²) in [5.74, 6) is 0.752. The maximum atomic E-state index is 5.37. The number of rotatable bonds is 3. The van der Waals surface area contributed by atoms with Gasteiger partial charge in [0.1, 0.15) is 0 Å². The van der Waals surface area contributed by atoms with Crippen molar-refractivity contribution in [3.05, 3.63) is 36.4 Å². The second-order valence-electron chi connectivity index (χ2n) is 5.47. The van der Waals surface area contributed by atoms with Crippen molar-refractivity contribution < 1.29 is 0 Å². The van der Waals surface area contributed by atoms with Crippen LogP contribution in [0.25, 0.3) is 11.3 Å². The molecule has 0 atom stereocenters. The molecule has 0 aliphatic heterocycles. The summed E-state index contributed by atoms with van der Waals surface area (Å²) in [4.78, 5) is 0. The van der Waals surface area contributed by atoms with E-state index in [1.165, 1.54) is 32.1 Å². The highest BCUT2D eigenvalue weighted by Crippen LogP contribution is 2.20. The molecule has 1 fully saturated rings. The summed E-state index contributed by atoms with van der Waals surface area (Å²) in [5, 5.41) is 14.5. The van der Waals surface area contributed by atoms with E-state index in [-0.39, 0.29) is 0 Å². The fourth-order valence-electron chi connectivity index (χ4n) is 2.74. The van der Waals surface area contributed by atoms with Crippen LogP contribution in [-0.2, 0) is 0 Å². The second kappa shape index (κ2) is 6.72. The highest BCUT2D eigenvalue weighted by atomic mass is 32.1. The van der Waals surface area contributed by atoms with Gasteiger partial charge in [0.25, 0.3) is 0 Å². The molecule has 1 aromatic carbocycles. The lowest BCUT2D eigenvalue weighted by Crippen LogP contribution is -2.38. The smallest absolute Gasteiger partial charge is 0.172 e. The molecular weight excluding hydrogens is 280 g/mol. The molecule has 0 spiro atoms. The number of hydrogen-bond acceptors (Lipinski definition) is 2. The van der Waals surface area contributed by atoms with Crippen LogP contribution in [0.5, 0.6) is 0 Å². The third-order valence-corrected chi connectivity index (χ3v) is 4.06. The molecule has 1 aromatic heterocycles. The Hall–Kier alpha value is -1.88. The van der Waals surface area contributed by atoms with Gasteiger partial charge in [0.15, 0.2) is 10.9 Å². The molecule has 0 unspecified atom stereocenters. The first-order valence-electron chi connectivity index (χ1n) is 7.49. The van der Waals surface area contributed by atoms with E-state index in [0.29, 0.717) is 11.2 Å². The van der Waals surface area contributed by atoms with Gasteiger partial charge in [-0.2, -0.15) is 5.10 Å². The minimum atomic E-state index is 0.506. The van der Waals surface area contributed by atoms with Crippen LogP contribution >= 0.6 is 12.2 Å². The minimum absolute atomic E-state index is 0.506. The normalized spacial score (nSPS) is 15.6. The van der Waals surface area contributed by atoms with Crippen molar-refractivity contribution in [2.75, 3.05) is 5.32 Å².